The van der Waals surface area contributed by atoms with Crippen molar-refractivity contribution in [2.24, 2.45) is 5.92 Å². The van der Waals surface area contributed by atoms with Crippen molar-refractivity contribution in [3.05, 3.63) is 33.8 Å². The van der Waals surface area contributed by atoms with Crippen molar-refractivity contribution in [1.82, 2.24) is 4.72 Å². The van der Waals surface area contributed by atoms with Crippen LogP contribution in [0, 0.1) is 5.92 Å². The molecule has 0 aliphatic rings. The van der Waals surface area contributed by atoms with E-state index in [-0.39, 0.29) is 12.7 Å². The van der Waals surface area contributed by atoms with Crippen LogP contribution in [0.1, 0.15) is 25.5 Å². The lowest BCUT2D eigenvalue weighted by Crippen LogP contribution is -2.43. The van der Waals surface area contributed by atoms with Gasteiger partial charge in [-0.25, -0.2) is 0 Å². The largest absolute Gasteiger partial charge is 0.359 e. The lowest BCUT2D eigenvalue weighted by Gasteiger charge is -2.31. The van der Waals surface area contributed by atoms with Gasteiger partial charge in [-0.1, -0.05) is 43.1 Å². The number of rotatable bonds is 8. The number of halogens is 2. The van der Waals surface area contributed by atoms with Gasteiger partial charge in [-0.05, 0) is 18.1 Å². The fourth-order valence-corrected chi connectivity index (χ4v) is 3.36. The van der Waals surface area contributed by atoms with Gasteiger partial charge < -0.3 is 9.47 Å². The SMILES string of the molecule is COCO[C@@H](c1c(Cl)cccc1Cl)[C@@H](NS(=O)(=O)O)C(C)C. The van der Waals surface area contributed by atoms with Gasteiger partial charge in [-0.3, -0.25) is 4.55 Å². The molecule has 0 saturated carbocycles. The quantitative estimate of drug-likeness (QED) is 0.541. The van der Waals surface area contributed by atoms with E-state index in [0.29, 0.717) is 15.6 Å². The first-order valence-corrected chi connectivity index (χ1v) is 8.66. The molecule has 0 saturated heterocycles. The third-order valence-electron chi connectivity index (χ3n) is 2.98. The van der Waals surface area contributed by atoms with Gasteiger partial charge in [0.15, 0.2) is 0 Å². The van der Waals surface area contributed by atoms with Gasteiger partial charge in [-0.15, -0.1) is 0 Å². The van der Waals surface area contributed by atoms with Crippen LogP contribution >= 0.6 is 23.2 Å². The Bertz CT molecular complexity index is 574. The molecular formula is C13H19Cl2NO5S. The third-order valence-corrected chi connectivity index (χ3v) is 4.21. The van der Waals surface area contributed by atoms with Gasteiger partial charge in [0.1, 0.15) is 12.9 Å². The molecule has 2 atom stereocenters. The highest BCUT2D eigenvalue weighted by Crippen LogP contribution is 2.36. The van der Waals surface area contributed by atoms with Crippen LogP contribution in [0.2, 0.25) is 10.0 Å². The number of hydrogen-bond acceptors (Lipinski definition) is 4. The minimum absolute atomic E-state index is 0.0946. The van der Waals surface area contributed by atoms with E-state index in [0.717, 1.165) is 0 Å². The molecule has 0 bridgehead atoms. The van der Waals surface area contributed by atoms with Gasteiger partial charge >= 0.3 is 10.3 Å². The Labute approximate surface area is 140 Å². The van der Waals surface area contributed by atoms with Crippen molar-refractivity contribution in [2.45, 2.75) is 26.0 Å². The summed E-state index contributed by atoms with van der Waals surface area (Å²) < 4.78 is 44.2. The third kappa shape index (κ3) is 5.66. The number of ether oxygens (including phenoxy) is 2. The summed E-state index contributed by atoms with van der Waals surface area (Å²) in [5.41, 5.74) is 0.428. The molecule has 1 aromatic rings. The number of methoxy groups -OCH3 is 1. The fraction of sp³-hybridized carbons (Fsp3) is 0.538. The Morgan fingerprint density at radius 1 is 1.27 bits per heavy atom. The first-order valence-electron chi connectivity index (χ1n) is 6.46. The van der Waals surface area contributed by atoms with E-state index in [1.54, 1.807) is 32.0 Å². The van der Waals surface area contributed by atoms with E-state index < -0.39 is 22.4 Å². The standard InChI is InChI=1S/C13H19Cl2NO5S/c1-8(2)12(16-22(17,18)19)13(21-7-20-3)11-9(14)5-4-6-10(11)15/h4-6,8,12-13,16H,7H2,1-3H3,(H,17,18,19)/t12-,13-/m0/s1. The summed E-state index contributed by atoms with van der Waals surface area (Å²) in [7, 11) is -2.99. The van der Waals surface area contributed by atoms with Crippen LogP contribution in [0.4, 0.5) is 0 Å². The molecular weight excluding hydrogens is 353 g/mol. The Hall–Kier alpha value is -0.410. The summed E-state index contributed by atoms with van der Waals surface area (Å²) in [6, 6.07) is 4.12. The molecule has 1 rings (SSSR count). The van der Waals surface area contributed by atoms with Crippen molar-refractivity contribution in [3.63, 3.8) is 0 Å². The first-order chi connectivity index (χ1) is 10.2. The average molecular weight is 372 g/mol. The summed E-state index contributed by atoms with van der Waals surface area (Å²) in [5, 5.41) is 0.660. The highest BCUT2D eigenvalue weighted by molar-refractivity contribution is 7.83. The molecule has 2 N–H and O–H groups in total. The molecule has 0 aliphatic heterocycles. The lowest BCUT2D eigenvalue weighted by atomic mass is 9.94. The predicted molar refractivity (Wildman–Crippen MR) is 85.5 cm³/mol. The van der Waals surface area contributed by atoms with Crippen LogP contribution in [0.5, 0.6) is 0 Å². The number of hydrogen-bond donors (Lipinski definition) is 2. The number of benzene rings is 1. The van der Waals surface area contributed by atoms with Crippen LogP contribution in [0.3, 0.4) is 0 Å². The smallest absolute Gasteiger partial charge is 0.333 e. The van der Waals surface area contributed by atoms with Crippen LogP contribution in [-0.4, -0.2) is 32.9 Å². The van der Waals surface area contributed by atoms with Crippen molar-refractivity contribution in [1.29, 1.82) is 0 Å². The molecule has 22 heavy (non-hydrogen) atoms. The zero-order chi connectivity index (χ0) is 16.9. The van der Waals surface area contributed by atoms with Gasteiger partial charge in [-0.2, -0.15) is 13.1 Å². The molecule has 0 amide bonds. The zero-order valence-electron chi connectivity index (χ0n) is 12.4. The van der Waals surface area contributed by atoms with E-state index in [1.807, 2.05) is 0 Å². The van der Waals surface area contributed by atoms with Crippen molar-refractivity contribution in [2.75, 3.05) is 13.9 Å². The molecule has 0 fully saturated rings. The molecule has 0 aromatic heterocycles. The summed E-state index contributed by atoms with van der Waals surface area (Å²) >= 11 is 12.4. The monoisotopic (exact) mass is 371 g/mol. The summed E-state index contributed by atoms with van der Waals surface area (Å²) in [6.45, 7) is 3.45. The summed E-state index contributed by atoms with van der Waals surface area (Å²) in [4.78, 5) is 0. The van der Waals surface area contributed by atoms with Crippen molar-refractivity contribution in [3.8, 4) is 0 Å². The van der Waals surface area contributed by atoms with E-state index in [1.165, 1.54) is 7.11 Å². The minimum atomic E-state index is -4.43. The lowest BCUT2D eigenvalue weighted by molar-refractivity contribution is -0.0879. The number of nitrogens with one attached hydrogen (secondary N) is 1. The zero-order valence-corrected chi connectivity index (χ0v) is 14.7. The van der Waals surface area contributed by atoms with E-state index in [9.17, 15) is 8.42 Å². The Balaban J connectivity index is 3.30. The molecule has 9 heteroatoms. The topological polar surface area (TPSA) is 84.9 Å². The van der Waals surface area contributed by atoms with Crippen LogP contribution in [0.15, 0.2) is 18.2 Å². The Kier molecular flexibility index (Phi) is 7.54. The van der Waals surface area contributed by atoms with E-state index in [2.05, 4.69) is 4.72 Å². The molecule has 126 valence electrons. The molecule has 0 heterocycles. The molecule has 0 spiro atoms. The second-order valence-corrected chi connectivity index (χ2v) is 6.99. The molecule has 0 unspecified atom stereocenters. The second kappa shape index (κ2) is 8.44. The maximum Gasteiger partial charge on any atom is 0.333 e. The Morgan fingerprint density at radius 2 is 1.82 bits per heavy atom. The van der Waals surface area contributed by atoms with Crippen molar-refractivity contribution >= 4 is 33.5 Å². The van der Waals surface area contributed by atoms with Gasteiger partial charge in [0.05, 0.1) is 6.04 Å². The minimum Gasteiger partial charge on any atom is -0.359 e. The molecule has 0 aliphatic carbocycles. The molecule has 0 radical (unpaired) electrons. The molecule has 6 nitrogen and oxygen atoms in total. The summed E-state index contributed by atoms with van der Waals surface area (Å²) in [5.74, 6) is -0.212. The summed E-state index contributed by atoms with van der Waals surface area (Å²) in [6.07, 6.45) is -0.830. The maximum absolute atomic E-state index is 11.2. The first kappa shape index (κ1) is 19.6. The van der Waals surface area contributed by atoms with Crippen LogP contribution < -0.4 is 4.72 Å². The van der Waals surface area contributed by atoms with Gasteiger partial charge in [0.2, 0.25) is 0 Å². The van der Waals surface area contributed by atoms with Crippen LogP contribution in [0.25, 0.3) is 0 Å². The van der Waals surface area contributed by atoms with Gasteiger partial charge in [0.25, 0.3) is 0 Å². The average Bonchev–Trinajstić information content (AvgIpc) is 2.38. The highest BCUT2D eigenvalue weighted by Gasteiger charge is 2.33. The maximum atomic E-state index is 11.2. The second-order valence-electron chi connectivity index (χ2n) is 4.99. The van der Waals surface area contributed by atoms with E-state index >= 15 is 0 Å². The predicted octanol–water partition coefficient (Wildman–Crippen LogP) is 3.07. The fourth-order valence-electron chi connectivity index (χ4n) is 2.01. The van der Waals surface area contributed by atoms with Crippen LogP contribution in [-0.2, 0) is 19.8 Å². The van der Waals surface area contributed by atoms with E-state index in [4.69, 9.17) is 37.2 Å². The highest BCUT2D eigenvalue weighted by atomic mass is 35.5. The normalized spacial score (nSPS) is 15.0. The molecule has 1 aromatic carbocycles. The Morgan fingerprint density at radius 3 is 2.23 bits per heavy atom. The van der Waals surface area contributed by atoms with Gasteiger partial charge in [0, 0.05) is 22.7 Å². The van der Waals surface area contributed by atoms with Crippen molar-refractivity contribution < 1.29 is 22.4 Å².